The molecule has 6 aromatic rings. The molecule has 4 N–H and O–H groups in total. The van der Waals surface area contributed by atoms with Gasteiger partial charge in [-0.05, 0) is 90.0 Å². The SMILES string of the molecule is Cc1nc(-c2c(Cl)c3ccccc3n2-c2ccc(CNC(=O)C3(NC(=O)c4cccc(C#N)c4)CC3)cc2)no1.O=C(Cc1ccsc1)NC1(C(=O)O)CC1. The zero-order valence-corrected chi connectivity index (χ0v) is 31.0. The Morgan fingerprint density at radius 3 is 2.35 bits per heavy atom. The molecule has 278 valence electrons. The minimum atomic E-state index is -0.965. The van der Waals surface area contributed by atoms with Crippen molar-refractivity contribution in [2.45, 2.75) is 56.7 Å². The summed E-state index contributed by atoms with van der Waals surface area (Å²) in [5, 5.41) is 35.6. The minimum absolute atomic E-state index is 0.215. The summed E-state index contributed by atoms with van der Waals surface area (Å²) >= 11 is 8.30. The van der Waals surface area contributed by atoms with Crippen molar-refractivity contribution in [1.29, 1.82) is 5.26 Å². The molecule has 3 aromatic heterocycles. The molecule has 0 bridgehead atoms. The van der Waals surface area contributed by atoms with Gasteiger partial charge in [0.1, 0.15) is 16.8 Å². The molecule has 0 atom stereocenters. The Morgan fingerprint density at radius 2 is 1.71 bits per heavy atom. The number of aliphatic carboxylic acids is 1. The van der Waals surface area contributed by atoms with E-state index in [-0.39, 0.29) is 24.1 Å². The van der Waals surface area contributed by atoms with E-state index in [1.807, 2.05) is 76.0 Å². The lowest BCUT2D eigenvalue weighted by atomic mass is 10.1. The molecule has 3 heterocycles. The van der Waals surface area contributed by atoms with Gasteiger partial charge in [0.25, 0.3) is 5.91 Å². The maximum atomic E-state index is 13.0. The fourth-order valence-electron chi connectivity index (χ4n) is 6.14. The summed E-state index contributed by atoms with van der Waals surface area (Å²) in [6, 6.07) is 25.8. The number of rotatable bonds is 11. The van der Waals surface area contributed by atoms with Gasteiger partial charge in [0.2, 0.25) is 23.5 Å². The van der Waals surface area contributed by atoms with Crippen LogP contribution in [0, 0.1) is 18.3 Å². The van der Waals surface area contributed by atoms with E-state index in [4.69, 9.17) is 26.5 Å². The number of thiophene rings is 1. The molecule has 2 saturated carbocycles. The Kier molecular flexibility index (Phi) is 10.2. The number of hydrogen-bond donors (Lipinski definition) is 4. The number of nitrogens with zero attached hydrogens (tertiary/aromatic N) is 4. The fraction of sp³-hybridized carbons (Fsp3) is 0.225. The first-order chi connectivity index (χ1) is 26.5. The maximum Gasteiger partial charge on any atom is 0.329 e. The summed E-state index contributed by atoms with van der Waals surface area (Å²) in [5.74, 6) is -0.923. The summed E-state index contributed by atoms with van der Waals surface area (Å²) in [4.78, 5) is 52.4. The average Bonchev–Trinajstić information content (AvgIpc) is 4.00. The quantitative estimate of drug-likeness (QED) is 0.120. The number of halogens is 1. The largest absolute Gasteiger partial charge is 0.480 e. The van der Waals surface area contributed by atoms with Gasteiger partial charge in [-0.1, -0.05) is 53.2 Å². The number of carbonyl (C=O) groups is 4. The van der Waals surface area contributed by atoms with Crippen LogP contribution >= 0.6 is 22.9 Å². The first kappa shape index (κ1) is 37.0. The zero-order valence-electron chi connectivity index (χ0n) is 29.5. The number of hydrogen-bond acceptors (Lipinski definition) is 9. The van der Waals surface area contributed by atoms with E-state index in [9.17, 15) is 19.2 Å². The summed E-state index contributed by atoms with van der Waals surface area (Å²) in [5.41, 5.74) is 3.04. The van der Waals surface area contributed by atoms with E-state index in [0.717, 1.165) is 27.7 Å². The number of para-hydroxylation sites is 1. The maximum absolute atomic E-state index is 13.0. The highest BCUT2D eigenvalue weighted by atomic mass is 35.5. The second kappa shape index (κ2) is 15.2. The van der Waals surface area contributed by atoms with Crippen LogP contribution < -0.4 is 16.0 Å². The molecule has 0 unspecified atom stereocenters. The lowest BCUT2D eigenvalue weighted by Crippen LogP contribution is -2.48. The van der Waals surface area contributed by atoms with Crippen LogP contribution in [0.25, 0.3) is 28.1 Å². The van der Waals surface area contributed by atoms with Crippen molar-refractivity contribution in [3.05, 3.63) is 123 Å². The summed E-state index contributed by atoms with van der Waals surface area (Å²) < 4.78 is 7.20. The van der Waals surface area contributed by atoms with Crippen LogP contribution in [0.5, 0.6) is 0 Å². The molecule has 0 aliphatic heterocycles. The topological polar surface area (TPSA) is 192 Å². The summed E-state index contributed by atoms with van der Waals surface area (Å²) in [6.07, 6.45) is 2.45. The molecule has 3 aromatic carbocycles. The van der Waals surface area contributed by atoms with Crippen molar-refractivity contribution in [3.8, 4) is 23.3 Å². The fourth-order valence-corrected chi connectivity index (χ4v) is 7.13. The number of benzene rings is 3. The molecule has 55 heavy (non-hydrogen) atoms. The van der Waals surface area contributed by atoms with Crippen LogP contribution in [0.15, 0.2) is 94.1 Å². The first-order valence-electron chi connectivity index (χ1n) is 17.4. The van der Waals surface area contributed by atoms with Gasteiger partial charge in [0, 0.05) is 30.1 Å². The van der Waals surface area contributed by atoms with Gasteiger partial charge in [0.15, 0.2) is 0 Å². The normalized spacial score (nSPS) is 14.5. The number of fused-ring (bicyclic) bond motifs is 1. The predicted octanol–water partition coefficient (Wildman–Crippen LogP) is 6.12. The minimum Gasteiger partial charge on any atom is -0.480 e. The lowest BCUT2D eigenvalue weighted by molar-refractivity contribution is -0.143. The van der Waals surface area contributed by atoms with Crippen molar-refractivity contribution in [2.75, 3.05) is 0 Å². The predicted molar refractivity (Wildman–Crippen MR) is 205 cm³/mol. The van der Waals surface area contributed by atoms with Crippen LogP contribution in [0.1, 0.15) is 58.6 Å². The highest BCUT2D eigenvalue weighted by Crippen LogP contribution is 2.39. The number of carbonyl (C=O) groups excluding carboxylic acids is 3. The number of aromatic nitrogens is 3. The number of carboxylic acids is 1. The Morgan fingerprint density at radius 1 is 0.964 bits per heavy atom. The average molecular weight is 776 g/mol. The molecule has 8 rings (SSSR count). The molecular formula is C40H34ClN7O6S. The van der Waals surface area contributed by atoms with Gasteiger partial charge in [-0.3, -0.25) is 14.4 Å². The van der Waals surface area contributed by atoms with Gasteiger partial charge in [-0.2, -0.15) is 21.6 Å². The van der Waals surface area contributed by atoms with Crippen molar-refractivity contribution in [2.24, 2.45) is 0 Å². The highest BCUT2D eigenvalue weighted by Gasteiger charge is 2.52. The molecule has 0 radical (unpaired) electrons. The Labute approximate surface area is 323 Å². The van der Waals surface area contributed by atoms with E-state index in [2.05, 4.69) is 26.1 Å². The van der Waals surface area contributed by atoms with E-state index in [0.29, 0.717) is 65.8 Å². The monoisotopic (exact) mass is 775 g/mol. The second-order valence-corrected chi connectivity index (χ2v) is 14.6. The van der Waals surface area contributed by atoms with Gasteiger partial charge in [0.05, 0.1) is 28.6 Å². The van der Waals surface area contributed by atoms with Gasteiger partial charge in [-0.15, -0.1) is 0 Å². The molecule has 0 spiro atoms. The summed E-state index contributed by atoms with van der Waals surface area (Å²) in [7, 11) is 0. The molecule has 13 nitrogen and oxygen atoms in total. The second-order valence-electron chi connectivity index (χ2n) is 13.5. The van der Waals surface area contributed by atoms with Crippen molar-refractivity contribution >= 4 is 57.5 Å². The smallest absolute Gasteiger partial charge is 0.329 e. The van der Waals surface area contributed by atoms with E-state index in [1.165, 1.54) is 17.4 Å². The number of aryl methyl sites for hydroxylation is 1. The molecule has 3 amide bonds. The van der Waals surface area contributed by atoms with Crippen molar-refractivity contribution in [1.82, 2.24) is 30.7 Å². The first-order valence-corrected chi connectivity index (χ1v) is 18.7. The number of amides is 3. The molecule has 2 aliphatic carbocycles. The van der Waals surface area contributed by atoms with Crippen LogP contribution in [-0.2, 0) is 27.3 Å². The molecule has 0 saturated heterocycles. The molecule has 2 aliphatic rings. The molecular weight excluding hydrogens is 742 g/mol. The zero-order chi connectivity index (χ0) is 38.7. The van der Waals surface area contributed by atoms with Crippen LogP contribution in [0.4, 0.5) is 0 Å². The van der Waals surface area contributed by atoms with Gasteiger partial charge in [-0.25, -0.2) is 4.79 Å². The third-order valence-corrected chi connectivity index (χ3v) is 10.6. The third kappa shape index (κ3) is 7.98. The van der Waals surface area contributed by atoms with Crippen LogP contribution in [0.2, 0.25) is 5.02 Å². The Hall–Kier alpha value is -6.30. The highest BCUT2D eigenvalue weighted by molar-refractivity contribution is 7.08. The van der Waals surface area contributed by atoms with E-state index >= 15 is 0 Å². The summed E-state index contributed by atoms with van der Waals surface area (Å²) in [6.45, 7) is 2.02. The standard InChI is InChI=1S/C30H23ClN6O3.C10H11NO3S/c1-18-34-27(36-40-18)26-25(31)23-7-2-3-8-24(23)37(26)22-11-9-19(10-12-22)17-33-29(39)30(13-14-30)35-28(38)21-6-4-5-20(15-21)16-32;12-8(5-7-1-4-15-6-7)11-10(2-3-10)9(13)14/h2-12,15H,13-14,17H2,1H3,(H,33,39)(H,35,38);1,4,6H,2-3,5H2,(H,11,12)(H,13,14). The van der Waals surface area contributed by atoms with Gasteiger partial charge < -0.3 is 30.1 Å². The third-order valence-electron chi connectivity index (χ3n) is 9.47. The van der Waals surface area contributed by atoms with Crippen LogP contribution in [0.3, 0.4) is 0 Å². The van der Waals surface area contributed by atoms with E-state index in [1.54, 1.807) is 25.1 Å². The van der Waals surface area contributed by atoms with Crippen molar-refractivity contribution in [3.63, 3.8) is 0 Å². The lowest BCUT2D eigenvalue weighted by Gasteiger charge is -2.17. The number of carboxylic acid groups (broad SMARTS) is 1. The molecule has 15 heteroatoms. The Balaban J connectivity index is 0.000000259. The van der Waals surface area contributed by atoms with E-state index < -0.39 is 17.0 Å². The molecule has 2 fully saturated rings. The van der Waals surface area contributed by atoms with Gasteiger partial charge >= 0.3 is 5.97 Å². The van der Waals surface area contributed by atoms with Crippen LogP contribution in [-0.4, -0.2) is 54.6 Å². The Bertz CT molecular complexity index is 2460. The number of nitrogens with one attached hydrogen (secondary N) is 3. The van der Waals surface area contributed by atoms with Crippen molar-refractivity contribution < 1.29 is 28.8 Å². The number of nitriles is 1.